The fourth-order valence-electron chi connectivity index (χ4n) is 1.45. The first kappa shape index (κ1) is 12.4. The molecule has 0 atom stereocenters. The number of halogens is 2. The summed E-state index contributed by atoms with van der Waals surface area (Å²) in [6.45, 7) is 0.547. The van der Waals surface area contributed by atoms with Crippen LogP contribution >= 0.6 is 0 Å². The third-order valence-electron chi connectivity index (χ3n) is 2.34. The first-order valence-electron chi connectivity index (χ1n) is 5.47. The molecule has 2 rings (SSSR count). The SMILES string of the molecule is NCCc1ccc(Oc2ccc(F)c(F)c2)nc1. The van der Waals surface area contributed by atoms with Crippen LogP contribution in [0.4, 0.5) is 8.78 Å². The van der Waals surface area contributed by atoms with Crippen molar-refractivity contribution in [3.05, 3.63) is 53.7 Å². The fraction of sp³-hybridized carbons (Fsp3) is 0.154. The third-order valence-corrected chi connectivity index (χ3v) is 2.34. The van der Waals surface area contributed by atoms with Crippen molar-refractivity contribution in [1.82, 2.24) is 4.98 Å². The van der Waals surface area contributed by atoms with Crippen molar-refractivity contribution in [2.24, 2.45) is 5.73 Å². The molecular weight excluding hydrogens is 238 g/mol. The second kappa shape index (κ2) is 5.55. The van der Waals surface area contributed by atoms with Gasteiger partial charge in [0.15, 0.2) is 11.6 Å². The Morgan fingerprint density at radius 1 is 1.11 bits per heavy atom. The van der Waals surface area contributed by atoms with E-state index in [1.807, 2.05) is 6.07 Å². The average molecular weight is 250 g/mol. The maximum absolute atomic E-state index is 13.0. The van der Waals surface area contributed by atoms with Gasteiger partial charge in [-0.1, -0.05) is 6.07 Å². The predicted octanol–water partition coefficient (Wildman–Crippen LogP) is 2.65. The standard InChI is InChI=1S/C13H12F2N2O/c14-11-3-2-10(7-12(11)15)18-13-4-1-9(5-6-16)8-17-13/h1-4,7-8H,5-6,16H2. The van der Waals surface area contributed by atoms with Gasteiger partial charge in [-0.2, -0.15) is 0 Å². The Morgan fingerprint density at radius 3 is 2.56 bits per heavy atom. The van der Waals surface area contributed by atoms with Gasteiger partial charge in [-0.25, -0.2) is 13.8 Å². The van der Waals surface area contributed by atoms with E-state index in [1.54, 1.807) is 12.3 Å². The van der Waals surface area contributed by atoms with Crippen LogP contribution in [-0.4, -0.2) is 11.5 Å². The van der Waals surface area contributed by atoms with Gasteiger partial charge in [-0.15, -0.1) is 0 Å². The number of rotatable bonds is 4. The van der Waals surface area contributed by atoms with E-state index in [9.17, 15) is 8.78 Å². The molecule has 0 fully saturated rings. The molecule has 1 aromatic heterocycles. The molecule has 0 saturated carbocycles. The van der Waals surface area contributed by atoms with Crippen molar-refractivity contribution in [3.63, 3.8) is 0 Å². The van der Waals surface area contributed by atoms with Crippen LogP contribution in [0.25, 0.3) is 0 Å². The predicted molar refractivity (Wildman–Crippen MR) is 63.4 cm³/mol. The number of benzene rings is 1. The first-order chi connectivity index (χ1) is 8.69. The number of ether oxygens (including phenoxy) is 1. The van der Waals surface area contributed by atoms with Crippen molar-refractivity contribution >= 4 is 0 Å². The zero-order valence-electron chi connectivity index (χ0n) is 9.57. The highest BCUT2D eigenvalue weighted by Gasteiger charge is 2.05. The van der Waals surface area contributed by atoms with Crippen LogP contribution in [0.3, 0.4) is 0 Å². The van der Waals surface area contributed by atoms with E-state index in [0.29, 0.717) is 12.4 Å². The summed E-state index contributed by atoms with van der Waals surface area (Å²) in [5.41, 5.74) is 6.41. The van der Waals surface area contributed by atoms with Gasteiger partial charge >= 0.3 is 0 Å². The lowest BCUT2D eigenvalue weighted by Crippen LogP contribution is -2.02. The highest BCUT2D eigenvalue weighted by molar-refractivity contribution is 5.28. The summed E-state index contributed by atoms with van der Waals surface area (Å²) in [5, 5.41) is 0. The number of nitrogens with zero attached hydrogens (tertiary/aromatic N) is 1. The Labute approximate surface area is 103 Å². The van der Waals surface area contributed by atoms with E-state index in [4.69, 9.17) is 10.5 Å². The van der Waals surface area contributed by atoms with Crippen molar-refractivity contribution in [1.29, 1.82) is 0 Å². The van der Waals surface area contributed by atoms with E-state index < -0.39 is 11.6 Å². The van der Waals surface area contributed by atoms with Crippen LogP contribution < -0.4 is 10.5 Å². The monoisotopic (exact) mass is 250 g/mol. The molecule has 0 aliphatic carbocycles. The van der Waals surface area contributed by atoms with Gasteiger partial charge in [0.1, 0.15) is 5.75 Å². The lowest BCUT2D eigenvalue weighted by molar-refractivity contribution is 0.447. The summed E-state index contributed by atoms with van der Waals surface area (Å²) in [6.07, 6.45) is 2.38. The van der Waals surface area contributed by atoms with Crippen molar-refractivity contribution in [2.75, 3.05) is 6.54 Å². The van der Waals surface area contributed by atoms with Gasteiger partial charge < -0.3 is 10.5 Å². The summed E-state index contributed by atoms with van der Waals surface area (Å²) in [7, 11) is 0. The molecule has 18 heavy (non-hydrogen) atoms. The smallest absolute Gasteiger partial charge is 0.219 e. The molecule has 0 amide bonds. The molecule has 5 heteroatoms. The van der Waals surface area contributed by atoms with Gasteiger partial charge in [-0.05, 0) is 30.7 Å². The minimum absolute atomic E-state index is 0.202. The van der Waals surface area contributed by atoms with Gasteiger partial charge in [0.25, 0.3) is 0 Å². The molecular formula is C13H12F2N2O. The molecule has 0 aliphatic rings. The summed E-state index contributed by atoms with van der Waals surface area (Å²) in [6, 6.07) is 6.81. The molecule has 2 N–H and O–H groups in total. The van der Waals surface area contributed by atoms with Crippen LogP contribution in [0.15, 0.2) is 36.5 Å². The molecule has 94 valence electrons. The van der Waals surface area contributed by atoms with Gasteiger partial charge in [-0.3, -0.25) is 0 Å². The molecule has 0 radical (unpaired) electrons. The zero-order valence-corrected chi connectivity index (χ0v) is 9.57. The Kier molecular flexibility index (Phi) is 3.84. The van der Waals surface area contributed by atoms with Gasteiger partial charge in [0, 0.05) is 18.3 Å². The van der Waals surface area contributed by atoms with Crippen molar-refractivity contribution in [2.45, 2.75) is 6.42 Å². The first-order valence-corrected chi connectivity index (χ1v) is 5.47. The maximum Gasteiger partial charge on any atom is 0.219 e. The van der Waals surface area contributed by atoms with E-state index >= 15 is 0 Å². The molecule has 0 saturated heterocycles. The topological polar surface area (TPSA) is 48.1 Å². The van der Waals surface area contributed by atoms with Crippen LogP contribution in [0.1, 0.15) is 5.56 Å². The van der Waals surface area contributed by atoms with Crippen LogP contribution in [0.5, 0.6) is 11.6 Å². The van der Waals surface area contributed by atoms with Crippen molar-refractivity contribution in [3.8, 4) is 11.6 Å². The van der Waals surface area contributed by atoms with Crippen LogP contribution in [0.2, 0.25) is 0 Å². The summed E-state index contributed by atoms with van der Waals surface area (Å²) >= 11 is 0. The molecule has 0 unspecified atom stereocenters. The molecule has 0 aliphatic heterocycles. The molecule has 1 aromatic carbocycles. The summed E-state index contributed by atoms with van der Waals surface area (Å²) in [5.74, 6) is -1.34. The average Bonchev–Trinajstić information content (AvgIpc) is 2.37. The summed E-state index contributed by atoms with van der Waals surface area (Å²) < 4.78 is 31.0. The number of nitrogens with two attached hydrogens (primary N) is 1. The normalized spacial score (nSPS) is 10.4. The van der Waals surface area contributed by atoms with E-state index in [1.165, 1.54) is 6.07 Å². The molecule has 0 spiro atoms. The quantitative estimate of drug-likeness (QED) is 0.907. The largest absolute Gasteiger partial charge is 0.439 e. The summed E-state index contributed by atoms with van der Waals surface area (Å²) in [4.78, 5) is 4.05. The molecule has 2 aromatic rings. The Hall–Kier alpha value is -2.01. The lowest BCUT2D eigenvalue weighted by Gasteiger charge is -2.05. The number of hydrogen-bond donors (Lipinski definition) is 1. The van der Waals surface area contributed by atoms with Crippen LogP contribution in [0, 0.1) is 11.6 Å². The lowest BCUT2D eigenvalue weighted by atomic mass is 10.2. The van der Waals surface area contributed by atoms with Crippen molar-refractivity contribution < 1.29 is 13.5 Å². The highest BCUT2D eigenvalue weighted by atomic mass is 19.2. The van der Waals surface area contributed by atoms with Crippen LogP contribution in [-0.2, 0) is 6.42 Å². The second-order valence-electron chi connectivity index (χ2n) is 3.72. The number of aromatic nitrogens is 1. The zero-order chi connectivity index (χ0) is 13.0. The third kappa shape index (κ3) is 3.01. The van der Waals surface area contributed by atoms with E-state index in [2.05, 4.69) is 4.98 Å². The van der Waals surface area contributed by atoms with Gasteiger partial charge in [0.2, 0.25) is 5.88 Å². The fourth-order valence-corrected chi connectivity index (χ4v) is 1.45. The maximum atomic E-state index is 13.0. The molecule has 0 bridgehead atoms. The van der Waals surface area contributed by atoms with E-state index in [-0.39, 0.29) is 5.75 Å². The molecule has 3 nitrogen and oxygen atoms in total. The number of pyridine rings is 1. The van der Waals surface area contributed by atoms with E-state index in [0.717, 1.165) is 24.1 Å². The number of hydrogen-bond acceptors (Lipinski definition) is 3. The Bertz CT molecular complexity index is 529. The molecule has 1 heterocycles. The highest BCUT2D eigenvalue weighted by Crippen LogP contribution is 2.21. The Morgan fingerprint density at radius 2 is 1.94 bits per heavy atom. The minimum Gasteiger partial charge on any atom is -0.439 e. The minimum atomic E-state index is -0.952. The van der Waals surface area contributed by atoms with Gasteiger partial charge in [0.05, 0.1) is 0 Å². The Balaban J connectivity index is 2.10. The second-order valence-corrected chi connectivity index (χ2v) is 3.72.